The Morgan fingerprint density at radius 2 is 1.81 bits per heavy atom. The standard InChI is InChI=1S/C20H18N4O2/c1-25-17-11-10-13(19-14(17)6-5-9-18(19)26-2)12-21-24-20-22-15-7-3-4-8-16(15)23-20/h3-12H,1-2H3,(H2,22,23,24)/b21-12-. The Morgan fingerprint density at radius 3 is 2.62 bits per heavy atom. The molecular formula is C20H18N4O2. The summed E-state index contributed by atoms with van der Waals surface area (Å²) < 4.78 is 11.0. The number of hydrogen-bond donors (Lipinski definition) is 2. The van der Waals surface area contributed by atoms with Gasteiger partial charge in [-0.05, 0) is 30.3 Å². The van der Waals surface area contributed by atoms with Gasteiger partial charge in [0.25, 0.3) is 0 Å². The lowest BCUT2D eigenvalue weighted by Gasteiger charge is -2.11. The average molecular weight is 346 g/mol. The predicted octanol–water partition coefficient (Wildman–Crippen LogP) is 4.18. The van der Waals surface area contributed by atoms with E-state index in [9.17, 15) is 0 Å². The van der Waals surface area contributed by atoms with E-state index in [0.29, 0.717) is 5.95 Å². The molecule has 0 aliphatic carbocycles. The second-order valence-electron chi connectivity index (χ2n) is 5.71. The van der Waals surface area contributed by atoms with Crippen molar-refractivity contribution >= 4 is 34.0 Å². The van der Waals surface area contributed by atoms with Gasteiger partial charge in [0.05, 0.1) is 31.5 Å². The van der Waals surface area contributed by atoms with Gasteiger partial charge in [0, 0.05) is 16.3 Å². The second-order valence-corrected chi connectivity index (χ2v) is 5.71. The van der Waals surface area contributed by atoms with E-state index in [4.69, 9.17) is 9.47 Å². The summed E-state index contributed by atoms with van der Waals surface area (Å²) in [5.41, 5.74) is 5.71. The van der Waals surface area contributed by atoms with Crippen LogP contribution in [0.1, 0.15) is 5.56 Å². The fraction of sp³-hybridized carbons (Fsp3) is 0.100. The zero-order valence-electron chi connectivity index (χ0n) is 14.5. The molecule has 4 rings (SSSR count). The van der Waals surface area contributed by atoms with Crippen molar-refractivity contribution in [2.75, 3.05) is 19.6 Å². The third kappa shape index (κ3) is 2.82. The molecule has 26 heavy (non-hydrogen) atoms. The van der Waals surface area contributed by atoms with Gasteiger partial charge in [0.1, 0.15) is 11.5 Å². The van der Waals surface area contributed by atoms with Crippen molar-refractivity contribution < 1.29 is 9.47 Å². The van der Waals surface area contributed by atoms with Crippen molar-refractivity contribution in [1.82, 2.24) is 9.97 Å². The maximum atomic E-state index is 5.52. The molecule has 1 heterocycles. The first-order valence-corrected chi connectivity index (χ1v) is 8.17. The lowest BCUT2D eigenvalue weighted by Crippen LogP contribution is -1.96. The van der Waals surface area contributed by atoms with Gasteiger partial charge in [-0.25, -0.2) is 10.4 Å². The van der Waals surface area contributed by atoms with Gasteiger partial charge >= 0.3 is 0 Å². The van der Waals surface area contributed by atoms with Crippen LogP contribution in [-0.2, 0) is 0 Å². The molecule has 0 bridgehead atoms. The van der Waals surface area contributed by atoms with E-state index in [1.54, 1.807) is 20.4 Å². The number of aromatic nitrogens is 2. The highest BCUT2D eigenvalue weighted by Gasteiger charge is 2.10. The number of hydrogen-bond acceptors (Lipinski definition) is 5. The van der Waals surface area contributed by atoms with Crippen molar-refractivity contribution in [3.63, 3.8) is 0 Å². The number of rotatable bonds is 5. The van der Waals surface area contributed by atoms with Crippen LogP contribution in [0.5, 0.6) is 11.5 Å². The minimum absolute atomic E-state index is 0.590. The van der Waals surface area contributed by atoms with Crippen molar-refractivity contribution in [3.05, 3.63) is 60.2 Å². The van der Waals surface area contributed by atoms with Gasteiger partial charge in [-0.3, -0.25) is 0 Å². The topological polar surface area (TPSA) is 71.5 Å². The van der Waals surface area contributed by atoms with Gasteiger partial charge in [-0.1, -0.05) is 24.3 Å². The minimum Gasteiger partial charge on any atom is -0.496 e. The molecule has 0 saturated carbocycles. The average Bonchev–Trinajstić information content (AvgIpc) is 3.10. The van der Waals surface area contributed by atoms with Gasteiger partial charge < -0.3 is 14.5 Å². The Morgan fingerprint density at radius 1 is 0.962 bits per heavy atom. The van der Waals surface area contributed by atoms with Crippen LogP contribution < -0.4 is 14.9 Å². The quantitative estimate of drug-likeness (QED) is 0.420. The Balaban J connectivity index is 1.69. The molecule has 0 saturated heterocycles. The zero-order valence-corrected chi connectivity index (χ0v) is 14.5. The second kappa shape index (κ2) is 6.76. The summed E-state index contributed by atoms with van der Waals surface area (Å²) in [6.07, 6.45) is 1.75. The van der Waals surface area contributed by atoms with E-state index in [1.165, 1.54) is 0 Å². The van der Waals surface area contributed by atoms with Crippen molar-refractivity contribution in [2.24, 2.45) is 5.10 Å². The number of anilines is 1. The molecule has 1 aromatic heterocycles. The SMILES string of the molecule is COc1ccc(/C=N\Nc2nc3ccccc3[nH]2)c2c(OC)cccc12. The van der Waals surface area contributed by atoms with Crippen LogP contribution in [0, 0.1) is 0 Å². The van der Waals surface area contributed by atoms with Crippen LogP contribution in [0.2, 0.25) is 0 Å². The molecule has 0 fully saturated rings. The largest absolute Gasteiger partial charge is 0.496 e. The Hall–Kier alpha value is -3.54. The number of nitrogens with zero attached hydrogens (tertiary/aromatic N) is 2. The number of aromatic amines is 1. The molecule has 0 amide bonds. The molecule has 0 aliphatic heterocycles. The van der Waals surface area contributed by atoms with E-state index in [2.05, 4.69) is 20.5 Å². The van der Waals surface area contributed by atoms with Crippen LogP contribution >= 0.6 is 0 Å². The molecule has 0 spiro atoms. The number of hydrazone groups is 1. The number of H-pyrrole nitrogens is 1. The summed E-state index contributed by atoms with van der Waals surface area (Å²) in [6.45, 7) is 0. The molecule has 3 aromatic carbocycles. The van der Waals surface area contributed by atoms with E-state index < -0.39 is 0 Å². The van der Waals surface area contributed by atoms with Crippen LogP contribution in [0.15, 0.2) is 59.7 Å². The van der Waals surface area contributed by atoms with Crippen molar-refractivity contribution in [2.45, 2.75) is 0 Å². The maximum absolute atomic E-state index is 5.52. The molecule has 0 aliphatic rings. The van der Waals surface area contributed by atoms with Gasteiger partial charge in [0.15, 0.2) is 0 Å². The van der Waals surface area contributed by atoms with E-state index in [-0.39, 0.29) is 0 Å². The lowest BCUT2D eigenvalue weighted by molar-refractivity contribution is 0.415. The third-order valence-electron chi connectivity index (χ3n) is 4.20. The van der Waals surface area contributed by atoms with Gasteiger partial charge in [0.2, 0.25) is 5.95 Å². The lowest BCUT2D eigenvalue weighted by atomic mass is 10.0. The summed E-state index contributed by atoms with van der Waals surface area (Å²) in [6, 6.07) is 17.6. The van der Waals surface area contributed by atoms with Crippen LogP contribution in [-0.4, -0.2) is 30.4 Å². The molecule has 0 unspecified atom stereocenters. The van der Waals surface area contributed by atoms with Crippen molar-refractivity contribution in [1.29, 1.82) is 0 Å². The molecule has 2 N–H and O–H groups in total. The van der Waals surface area contributed by atoms with E-state index in [1.807, 2.05) is 54.6 Å². The smallest absolute Gasteiger partial charge is 0.222 e. The minimum atomic E-state index is 0.590. The first-order valence-electron chi connectivity index (χ1n) is 8.17. The zero-order chi connectivity index (χ0) is 17.9. The summed E-state index contributed by atoms with van der Waals surface area (Å²) in [5, 5.41) is 6.24. The van der Waals surface area contributed by atoms with Crippen molar-refractivity contribution in [3.8, 4) is 11.5 Å². The highest BCUT2D eigenvalue weighted by molar-refractivity contribution is 6.05. The monoisotopic (exact) mass is 346 g/mol. The third-order valence-corrected chi connectivity index (χ3v) is 4.20. The summed E-state index contributed by atoms with van der Waals surface area (Å²) in [7, 11) is 3.31. The number of methoxy groups -OCH3 is 2. The molecule has 6 nitrogen and oxygen atoms in total. The molecule has 0 radical (unpaired) electrons. The highest BCUT2D eigenvalue weighted by Crippen LogP contribution is 2.34. The number of para-hydroxylation sites is 2. The van der Waals surface area contributed by atoms with E-state index in [0.717, 1.165) is 38.9 Å². The molecule has 6 heteroatoms. The van der Waals surface area contributed by atoms with E-state index >= 15 is 0 Å². The van der Waals surface area contributed by atoms with Gasteiger partial charge in [-0.15, -0.1) is 0 Å². The fourth-order valence-corrected chi connectivity index (χ4v) is 3.00. The summed E-state index contributed by atoms with van der Waals surface area (Å²) >= 11 is 0. The molecular weight excluding hydrogens is 328 g/mol. The maximum Gasteiger partial charge on any atom is 0.222 e. The normalized spacial score (nSPS) is 11.3. The summed E-state index contributed by atoms with van der Waals surface area (Å²) in [5.74, 6) is 2.15. The Kier molecular flexibility index (Phi) is 4.15. The number of benzene rings is 3. The van der Waals surface area contributed by atoms with Crippen LogP contribution in [0.4, 0.5) is 5.95 Å². The first kappa shape index (κ1) is 16.0. The molecule has 4 aromatic rings. The Labute approximate surface area is 150 Å². The number of fused-ring (bicyclic) bond motifs is 2. The first-order chi connectivity index (χ1) is 12.8. The molecule has 130 valence electrons. The fourth-order valence-electron chi connectivity index (χ4n) is 3.00. The predicted molar refractivity (Wildman–Crippen MR) is 104 cm³/mol. The summed E-state index contributed by atoms with van der Waals surface area (Å²) in [4.78, 5) is 7.62. The molecule has 0 atom stereocenters. The number of nitrogens with one attached hydrogen (secondary N) is 2. The van der Waals surface area contributed by atoms with Crippen LogP contribution in [0.25, 0.3) is 21.8 Å². The number of imidazole rings is 1. The highest BCUT2D eigenvalue weighted by atomic mass is 16.5. The van der Waals surface area contributed by atoms with Crippen LogP contribution in [0.3, 0.4) is 0 Å². The number of ether oxygens (including phenoxy) is 2. The van der Waals surface area contributed by atoms with Gasteiger partial charge in [-0.2, -0.15) is 5.10 Å². The Bertz CT molecular complexity index is 1070.